The number of aromatic carboxylic acids is 1. The maximum Gasteiger partial charge on any atom is 0.346 e. The predicted octanol–water partition coefficient (Wildman–Crippen LogP) is 1.07. The number of fused-ring (bicyclic) bond motifs is 1. The Morgan fingerprint density at radius 3 is 1.94 bits per heavy atom. The number of carbonyl (C=O) groups excluding carboxylic acids is 3. The van der Waals surface area contributed by atoms with Crippen LogP contribution in [0.15, 0.2) is 12.1 Å². The number of carbonyl (C=O) groups is 4. The van der Waals surface area contributed by atoms with Gasteiger partial charge in [0.05, 0.1) is 16.7 Å². The second-order valence-corrected chi connectivity index (χ2v) is 3.54. The second kappa shape index (κ2) is 3.67. The van der Waals surface area contributed by atoms with E-state index < -0.39 is 28.7 Å². The Kier molecular flexibility index (Phi) is 2.44. The Hall–Kier alpha value is -2.21. The molecule has 0 amide bonds. The smallest absolute Gasteiger partial charge is 0.346 e. The lowest BCUT2D eigenvalue weighted by atomic mass is 10.00. The van der Waals surface area contributed by atoms with Crippen LogP contribution in [-0.2, 0) is 4.74 Å². The molecule has 1 aromatic carbocycles. The van der Waals surface area contributed by atoms with Gasteiger partial charge in [-0.25, -0.2) is 14.4 Å². The van der Waals surface area contributed by atoms with Gasteiger partial charge in [-0.05, 0) is 23.7 Å². The van der Waals surface area contributed by atoms with Crippen LogP contribution in [0.5, 0.6) is 0 Å². The van der Waals surface area contributed by atoms with Crippen molar-refractivity contribution in [3.8, 4) is 0 Å². The summed E-state index contributed by atoms with van der Waals surface area (Å²) in [6.07, 6.45) is 0. The van der Waals surface area contributed by atoms with E-state index in [1.54, 1.807) is 0 Å². The van der Waals surface area contributed by atoms with Crippen LogP contribution < -0.4 is 0 Å². The standard InChI is InChI=1S/C10H3ClO6/c11-7(12)3-1-5-6(2-4(3)8(13)14)10(16)17-9(5)15/h1-2H,(H,13,14). The third kappa shape index (κ3) is 1.68. The first-order valence-electron chi connectivity index (χ1n) is 4.29. The van der Waals surface area contributed by atoms with Gasteiger partial charge in [-0.2, -0.15) is 0 Å². The number of carboxylic acids is 1. The number of benzene rings is 1. The summed E-state index contributed by atoms with van der Waals surface area (Å²) in [7, 11) is 0. The molecule has 1 aliphatic rings. The van der Waals surface area contributed by atoms with Crippen molar-refractivity contribution in [2.45, 2.75) is 0 Å². The van der Waals surface area contributed by atoms with Gasteiger partial charge < -0.3 is 9.84 Å². The zero-order chi connectivity index (χ0) is 12.7. The normalized spacial score (nSPS) is 13.2. The summed E-state index contributed by atoms with van der Waals surface area (Å²) in [5, 5.41) is 7.82. The lowest BCUT2D eigenvalue weighted by Gasteiger charge is -2.02. The number of cyclic esters (lactones) is 2. The van der Waals surface area contributed by atoms with Crippen molar-refractivity contribution >= 4 is 34.8 Å². The van der Waals surface area contributed by atoms with Crippen LogP contribution in [0.2, 0.25) is 0 Å². The van der Waals surface area contributed by atoms with Crippen molar-refractivity contribution in [3.63, 3.8) is 0 Å². The fourth-order valence-corrected chi connectivity index (χ4v) is 1.63. The molecule has 0 saturated heterocycles. The molecule has 17 heavy (non-hydrogen) atoms. The molecular formula is C10H3ClO6. The largest absolute Gasteiger partial charge is 0.478 e. The molecule has 0 bridgehead atoms. The fourth-order valence-electron chi connectivity index (χ4n) is 1.47. The SMILES string of the molecule is O=C(O)c1cc2c(cc1C(=O)Cl)C(=O)OC2=O. The van der Waals surface area contributed by atoms with E-state index in [9.17, 15) is 19.2 Å². The van der Waals surface area contributed by atoms with Gasteiger partial charge in [0, 0.05) is 5.56 Å². The summed E-state index contributed by atoms with van der Waals surface area (Å²) < 4.78 is 4.28. The summed E-state index contributed by atoms with van der Waals surface area (Å²) in [6, 6.07) is 1.85. The number of ether oxygens (including phenoxy) is 1. The molecule has 0 aromatic heterocycles. The summed E-state index contributed by atoms with van der Waals surface area (Å²) in [6.45, 7) is 0. The van der Waals surface area contributed by atoms with Crippen LogP contribution in [0.4, 0.5) is 0 Å². The van der Waals surface area contributed by atoms with E-state index in [4.69, 9.17) is 16.7 Å². The Morgan fingerprint density at radius 2 is 1.53 bits per heavy atom. The molecule has 7 heteroatoms. The van der Waals surface area contributed by atoms with E-state index in [0.29, 0.717) is 0 Å². The van der Waals surface area contributed by atoms with Crippen molar-refractivity contribution < 1.29 is 29.0 Å². The van der Waals surface area contributed by atoms with Gasteiger partial charge in [-0.1, -0.05) is 0 Å². The van der Waals surface area contributed by atoms with Gasteiger partial charge in [0.15, 0.2) is 0 Å². The monoisotopic (exact) mass is 254 g/mol. The number of hydrogen-bond donors (Lipinski definition) is 1. The molecule has 1 heterocycles. The Labute approximate surface area is 98.7 Å². The first-order chi connectivity index (χ1) is 7.91. The van der Waals surface area contributed by atoms with Gasteiger partial charge >= 0.3 is 17.9 Å². The highest BCUT2D eigenvalue weighted by atomic mass is 35.5. The lowest BCUT2D eigenvalue weighted by Crippen LogP contribution is -2.08. The molecule has 86 valence electrons. The van der Waals surface area contributed by atoms with Gasteiger partial charge in [-0.15, -0.1) is 0 Å². The topological polar surface area (TPSA) is 97.7 Å². The van der Waals surface area contributed by atoms with E-state index in [1.807, 2.05) is 0 Å². The van der Waals surface area contributed by atoms with Gasteiger partial charge in [0.1, 0.15) is 0 Å². The lowest BCUT2D eigenvalue weighted by molar-refractivity contribution is 0.0443. The number of carboxylic acid groups (broad SMARTS) is 1. The minimum absolute atomic E-state index is 0.163. The Balaban J connectivity index is 2.76. The molecule has 0 spiro atoms. The third-order valence-corrected chi connectivity index (χ3v) is 2.43. The molecule has 6 nitrogen and oxygen atoms in total. The average molecular weight is 255 g/mol. The molecule has 2 rings (SSSR count). The first kappa shape index (κ1) is 11.3. The maximum absolute atomic E-state index is 11.2. The van der Waals surface area contributed by atoms with E-state index in [2.05, 4.69) is 4.74 Å². The van der Waals surface area contributed by atoms with E-state index in [0.717, 1.165) is 12.1 Å². The molecule has 0 unspecified atom stereocenters. The molecule has 0 fully saturated rings. The van der Waals surface area contributed by atoms with Crippen LogP contribution in [0.25, 0.3) is 0 Å². The zero-order valence-electron chi connectivity index (χ0n) is 8.02. The average Bonchev–Trinajstić information content (AvgIpc) is 2.52. The van der Waals surface area contributed by atoms with Crippen molar-refractivity contribution in [2.75, 3.05) is 0 Å². The highest BCUT2D eigenvalue weighted by Gasteiger charge is 2.33. The van der Waals surface area contributed by atoms with Crippen LogP contribution >= 0.6 is 11.6 Å². The summed E-state index contributed by atoms with van der Waals surface area (Å²) >= 11 is 5.20. The first-order valence-corrected chi connectivity index (χ1v) is 4.67. The molecule has 1 aliphatic heterocycles. The second-order valence-electron chi connectivity index (χ2n) is 3.20. The Morgan fingerprint density at radius 1 is 1.06 bits per heavy atom. The minimum atomic E-state index is -1.43. The quantitative estimate of drug-likeness (QED) is 0.482. The van der Waals surface area contributed by atoms with Crippen molar-refractivity contribution in [1.29, 1.82) is 0 Å². The molecule has 0 saturated carbocycles. The summed E-state index contributed by atoms with van der Waals surface area (Å²) in [4.78, 5) is 44.3. The molecule has 1 aromatic rings. The number of hydrogen-bond acceptors (Lipinski definition) is 5. The van der Waals surface area contributed by atoms with Crippen molar-refractivity contribution in [2.24, 2.45) is 0 Å². The van der Waals surface area contributed by atoms with E-state index in [-0.39, 0.29) is 16.7 Å². The number of esters is 2. The highest BCUT2D eigenvalue weighted by Crippen LogP contribution is 2.25. The minimum Gasteiger partial charge on any atom is -0.478 e. The Bertz CT molecular complexity index is 538. The van der Waals surface area contributed by atoms with Crippen LogP contribution in [0.3, 0.4) is 0 Å². The summed E-state index contributed by atoms with van der Waals surface area (Å²) in [5.74, 6) is -3.30. The summed E-state index contributed by atoms with van der Waals surface area (Å²) in [5.41, 5.74) is -1.15. The van der Waals surface area contributed by atoms with E-state index in [1.165, 1.54) is 0 Å². The van der Waals surface area contributed by atoms with Gasteiger partial charge in [0.25, 0.3) is 5.24 Å². The maximum atomic E-state index is 11.2. The van der Waals surface area contributed by atoms with Gasteiger partial charge in [0.2, 0.25) is 0 Å². The number of halogens is 1. The third-order valence-electron chi connectivity index (χ3n) is 2.23. The molecule has 1 N–H and O–H groups in total. The fraction of sp³-hybridized carbons (Fsp3) is 0. The van der Waals surface area contributed by atoms with Crippen LogP contribution in [-0.4, -0.2) is 28.3 Å². The molecule has 0 aliphatic carbocycles. The highest BCUT2D eigenvalue weighted by molar-refractivity contribution is 6.68. The van der Waals surface area contributed by atoms with Gasteiger partial charge in [-0.3, -0.25) is 4.79 Å². The predicted molar refractivity (Wildman–Crippen MR) is 53.3 cm³/mol. The molecule has 0 atom stereocenters. The van der Waals surface area contributed by atoms with Crippen LogP contribution in [0.1, 0.15) is 41.4 Å². The van der Waals surface area contributed by atoms with Crippen LogP contribution in [0, 0.1) is 0 Å². The molecular weight excluding hydrogens is 252 g/mol. The molecule has 0 radical (unpaired) electrons. The van der Waals surface area contributed by atoms with Crippen molar-refractivity contribution in [1.82, 2.24) is 0 Å². The number of rotatable bonds is 2. The van der Waals surface area contributed by atoms with E-state index >= 15 is 0 Å². The zero-order valence-corrected chi connectivity index (χ0v) is 8.78. The van der Waals surface area contributed by atoms with Crippen molar-refractivity contribution in [3.05, 3.63) is 34.4 Å².